The molecule has 72 valence electrons. The molecule has 2 aromatic rings. The molecule has 0 bridgehead atoms. The van der Waals surface area contributed by atoms with Gasteiger partial charge >= 0.3 is 0 Å². The van der Waals surface area contributed by atoms with Crippen LogP contribution in [-0.4, -0.2) is 9.55 Å². The predicted molar refractivity (Wildman–Crippen MR) is 57.4 cm³/mol. The molecule has 0 spiro atoms. The van der Waals surface area contributed by atoms with Crippen molar-refractivity contribution in [1.82, 2.24) is 9.55 Å². The Morgan fingerprint density at radius 2 is 2.21 bits per heavy atom. The van der Waals surface area contributed by atoms with E-state index in [0.29, 0.717) is 6.04 Å². The van der Waals surface area contributed by atoms with Crippen molar-refractivity contribution >= 4 is 11.0 Å². The van der Waals surface area contributed by atoms with Crippen LogP contribution in [0.5, 0.6) is 0 Å². The molecule has 1 atom stereocenters. The number of fused-ring (bicyclic) bond motifs is 3. The van der Waals surface area contributed by atoms with Gasteiger partial charge in [0.1, 0.15) is 5.82 Å². The standard InChI is InChI=1S/C12H14N2/c1-9-5-4-8-12-13-10-6-2-3-7-11(10)14(9)12/h2-3,6-7,9H,4-5,8H2,1H3/t9-/m1/s1. The summed E-state index contributed by atoms with van der Waals surface area (Å²) in [5, 5.41) is 0. The largest absolute Gasteiger partial charge is 0.325 e. The Kier molecular flexibility index (Phi) is 1.63. The number of nitrogens with zero attached hydrogens (tertiary/aromatic N) is 2. The fourth-order valence-electron chi connectivity index (χ4n) is 2.45. The fraction of sp³-hybridized carbons (Fsp3) is 0.417. The van der Waals surface area contributed by atoms with Crippen LogP contribution in [0.1, 0.15) is 31.6 Å². The van der Waals surface area contributed by atoms with Crippen molar-refractivity contribution in [3.63, 3.8) is 0 Å². The van der Waals surface area contributed by atoms with Crippen molar-refractivity contribution in [1.29, 1.82) is 0 Å². The van der Waals surface area contributed by atoms with Crippen molar-refractivity contribution in [2.75, 3.05) is 0 Å². The first-order chi connectivity index (χ1) is 6.86. The Balaban J connectivity index is 2.34. The quantitative estimate of drug-likeness (QED) is 0.618. The highest BCUT2D eigenvalue weighted by atomic mass is 15.1. The molecule has 3 rings (SSSR count). The van der Waals surface area contributed by atoms with Crippen molar-refractivity contribution in [3.05, 3.63) is 30.1 Å². The monoisotopic (exact) mass is 186 g/mol. The average molecular weight is 186 g/mol. The molecule has 0 unspecified atom stereocenters. The number of hydrogen-bond donors (Lipinski definition) is 0. The maximum Gasteiger partial charge on any atom is 0.110 e. The van der Waals surface area contributed by atoms with E-state index in [1.165, 1.54) is 24.2 Å². The summed E-state index contributed by atoms with van der Waals surface area (Å²) in [6.07, 6.45) is 3.71. The van der Waals surface area contributed by atoms with Gasteiger partial charge in [0.15, 0.2) is 0 Å². The molecule has 2 nitrogen and oxygen atoms in total. The molecule has 2 heterocycles. The third-order valence-electron chi connectivity index (χ3n) is 3.13. The molecule has 1 aliphatic rings. The van der Waals surface area contributed by atoms with E-state index in [9.17, 15) is 0 Å². The van der Waals surface area contributed by atoms with Crippen LogP contribution < -0.4 is 0 Å². The summed E-state index contributed by atoms with van der Waals surface area (Å²) >= 11 is 0. The zero-order valence-corrected chi connectivity index (χ0v) is 8.40. The topological polar surface area (TPSA) is 17.8 Å². The van der Waals surface area contributed by atoms with Crippen LogP contribution in [0.3, 0.4) is 0 Å². The normalized spacial score (nSPS) is 21.1. The Labute approximate surface area is 83.6 Å². The molecule has 1 aliphatic heterocycles. The second kappa shape index (κ2) is 2.84. The Morgan fingerprint density at radius 3 is 3.14 bits per heavy atom. The van der Waals surface area contributed by atoms with E-state index in [-0.39, 0.29) is 0 Å². The molecule has 14 heavy (non-hydrogen) atoms. The number of aromatic nitrogens is 2. The lowest BCUT2D eigenvalue weighted by Crippen LogP contribution is -2.14. The summed E-state index contributed by atoms with van der Waals surface area (Å²) in [5.41, 5.74) is 2.45. The Morgan fingerprint density at radius 1 is 1.36 bits per heavy atom. The zero-order valence-electron chi connectivity index (χ0n) is 8.40. The second-order valence-corrected chi connectivity index (χ2v) is 4.13. The van der Waals surface area contributed by atoms with Gasteiger partial charge in [0, 0.05) is 12.5 Å². The van der Waals surface area contributed by atoms with Gasteiger partial charge < -0.3 is 4.57 Å². The molecule has 1 aromatic carbocycles. The van der Waals surface area contributed by atoms with Gasteiger partial charge in [-0.15, -0.1) is 0 Å². The molecule has 0 fully saturated rings. The van der Waals surface area contributed by atoms with E-state index in [1.54, 1.807) is 0 Å². The third kappa shape index (κ3) is 0.999. The van der Waals surface area contributed by atoms with E-state index >= 15 is 0 Å². The van der Waals surface area contributed by atoms with Crippen LogP contribution in [0.25, 0.3) is 11.0 Å². The van der Waals surface area contributed by atoms with E-state index in [1.807, 2.05) is 0 Å². The van der Waals surface area contributed by atoms with E-state index < -0.39 is 0 Å². The SMILES string of the molecule is C[C@@H]1CCCc2nc3ccccc3n21. The summed E-state index contributed by atoms with van der Waals surface area (Å²) < 4.78 is 2.40. The van der Waals surface area contributed by atoms with Gasteiger partial charge in [0.2, 0.25) is 0 Å². The van der Waals surface area contributed by atoms with Crippen LogP contribution in [0, 0.1) is 0 Å². The first kappa shape index (κ1) is 8.04. The lowest BCUT2D eigenvalue weighted by atomic mass is 10.1. The molecule has 0 aliphatic carbocycles. The van der Waals surface area contributed by atoms with Gasteiger partial charge in [-0.25, -0.2) is 4.98 Å². The second-order valence-electron chi connectivity index (χ2n) is 4.13. The number of imidazole rings is 1. The lowest BCUT2D eigenvalue weighted by Gasteiger charge is -2.22. The minimum absolute atomic E-state index is 0.617. The van der Waals surface area contributed by atoms with Crippen LogP contribution in [0.2, 0.25) is 0 Å². The number of rotatable bonds is 0. The van der Waals surface area contributed by atoms with Gasteiger partial charge in [-0.05, 0) is 31.9 Å². The molecule has 1 aromatic heterocycles. The summed E-state index contributed by atoms with van der Waals surface area (Å²) in [7, 11) is 0. The van der Waals surface area contributed by atoms with Gasteiger partial charge in [-0.3, -0.25) is 0 Å². The number of hydrogen-bond acceptors (Lipinski definition) is 1. The van der Waals surface area contributed by atoms with Gasteiger partial charge in [-0.1, -0.05) is 12.1 Å². The van der Waals surface area contributed by atoms with E-state index in [2.05, 4.69) is 40.7 Å². The number of benzene rings is 1. The summed E-state index contributed by atoms with van der Waals surface area (Å²) in [6, 6.07) is 9.05. The van der Waals surface area contributed by atoms with Crippen molar-refractivity contribution < 1.29 is 0 Å². The van der Waals surface area contributed by atoms with Crippen LogP contribution >= 0.6 is 0 Å². The maximum absolute atomic E-state index is 4.67. The summed E-state index contributed by atoms with van der Waals surface area (Å²) in [4.78, 5) is 4.67. The average Bonchev–Trinajstić information content (AvgIpc) is 2.57. The van der Waals surface area contributed by atoms with Crippen molar-refractivity contribution in [2.45, 2.75) is 32.2 Å². The minimum Gasteiger partial charge on any atom is -0.325 e. The predicted octanol–water partition coefficient (Wildman–Crippen LogP) is 2.93. The molecule has 0 saturated heterocycles. The van der Waals surface area contributed by atoms with Crippen LogP contribution in [-0.2, 0) is 6.42 Å². The Bertz CT molecular complexity index is 470. The van der Waals surface area contributed by atoms with Crippen LogP contribution in [0.15, 0.2) is 24.3 Å². The molecule has 0 amide bonds. The molecule has 0 N–H and O–H groups in total. The molecule has 2 heteroatoms. The van der Waals surface area contributed by atoms with E-state index in [0.717, 1.165) is 11.9 Å². The molecular formula is C12H14N2. The maximum atomic E-state index is 4.67. The molecular weight excluding hydrogens is 172 g/mol. The highest BCUT2D eigenvalue weighted by molar-refractivity contribution is 5.76. The number of para-hydroxylation sites is 2. The zero-order chi connectivity index (χ0) is 9.54. The Hall–Kier alpha value is -1.31. The summed E-state index contributed by atoms with van der Waals surface area (Å²) in [6.45, 7) is 2.29. The number of aryl methyl sites for hydroxylation is 1. The lowest BCUT2D eigenvalue weighted by molar-refractivity contribution is 0.435. The fourth-order valence-corrected chi connectivity index (χ4v) is 2.45. The van der Waals surface area contributed by atoms with Crippen LogP contribution in [0.4, 0.5) is 0 Å². The van der Waals surface area contributed by atoms with E-state index in [4.69, 9.17) is 0 Å². The first-order valence-corrected chi connectivity index (χ1v) is 5.32. The highest BCUT2D eigenvalue weighted by Gasteiger charge is 2.19. The van der Waals surface area contributed by atoms with Crippen molar-refractivity contribution in [3.8, 4) is 0 Å². The minimum atomic E-state index is 0.617. The van der Waals surface area contributed by atoms with Gasteiger partial charge in [0.05, 0.1) is 11.0 Å². The van der Waals surface area contributed by atoms with Gasteiger partial charge in [0.25, 0.3) is 0 Å². The first-order valence-electron chi connectivity index (χ1n) is 5.32. The van der Waals surface area contributed by atoms with Gasteiger partial charge in [-0.2, -0.15) is 0 Å². The molecule has 0 saturated carbocycles. The highest BCUT2D eigenvalue weighted by Crippen LogP contribution is 2.28. The van der Waals surface area contributed by atoms with Crippen molar-refractivity contribution in [2.24, 2.45) is 0 Å². The smallest absolute Gasteiger partial charge is 0.110 e. The molecule has 0 radical (unpaired) electrons. The summed E-state index contributed by atoms with van der Waals surface area (Å²) in [5.74, 6) is 1.27. The third-order valence-corrected chi connectivity index (χ3v) is 3.13.